The Balaban J connectivity index is 5.29. The Kier molecular flexibility index (Phi) is 8.84. The highest BCUT2D eigenvalue weighted by molar-refractivity contribution is 7.76. The number of hydrogen-bond donors (Lipinski definition) is 0. The second-order valence-electron chi connectivity index (χ2n) is 5.12. The van der Waals surface area contributed by atoms with Crippen LogP contribution in [0.3, 0.4) is 0 Å². The van der Waals surface area contributed by atoms with Gasteiger partial charge < -0.3 is 35.7 Å². The van der Waals surface area contributed by atoms with Gasteiger partial charge in [-0.3, -0.25) is 0 Å². The molecule has 0 rings (SSSR count). The smallest absolute Gasteiger partial charge is 0.382 e. The first kappa shape index (κ1) is 22.1. The van der Waals surface area contributed by atoms with Gasteiger partial charge in [0.05, 0.1) is 0 Å². The lowest BCUT2D eigenvalue weighted by Gasteiger charge is -2.08. The molecule has 0 aromatic rings. The summed E-state index contributed by atoms with van der Waals surface area (Å²) in [7, 11) is -28.2. The van der Waals surface area contributed by atoms with Crippen LogP contribution in [0.2, 0.25) is 19.6 Å². The fourth-order valence-electron chi connectivity index (χ4n) is 1.06. The Morgan fingerprint density at radius 2 is 0.955 bits per heavy atom. The third kappa shape index (κ3) is 5.62. The van der Waals surface area contributed by atoms with E-state index in [4.69, 9.17) is 0 Å². The maximum absolute atomic E-state index is 12.0. The summed E-state index contributed by atoms with van der Waals surface area (Å²) in [6.45, 7) is 8.09. The van der Waals surface area contributed by atoms with E-state index >= 15 is 0 Å². The first-order chi connectivity index (χ1) is 9.86. The summed E-state index contributed by atoms with van der Waals surface area (Å²) in [5, 5.41) is 0. The minimum atomic E-state index is -3.52. The van der Waals surface area contributed by atoms with Crippen molar-refractivity contribution >= 4 is 69.8 Å². The summed E-state index contributed by atoms with van der Waals surface area (Å²) in [4.78, 5) is 0. The molecular weight excluding hydrogens is 441 g/mol. The van der Waals surface area contributed by atoms with E-state index in [1.54, 1.807) is 19.6 Å². The van der Waals surface area contributed by atoms with E-state index in [9.17, 15) is 35.7 Å². The summed E-state index contributed by atoms with van der Waals surface area (Å²) in [6, 6.07) is 0. The molecule has 0 aromatic carbocycles. The van der Waals surface area contributed by atoms with Crippen LogP contribution < -0.4 is 0 Å². The topological polar surface area (TPSA) is 137 Å². The summed E-state index contributed by atoms with van der Waals surface area (Å²) in [6.07, 6.45) is 0. The van der Waals surface area contributed by atoms with Gasteiger partial charge in [0.25, 0.3) is 0 Å². The van der Waals surface area contributed by atoms with Gasteiger partial charge in [0.2, 0.25) is 0 Å². The molecule has 0 aromatic heterocycles. The van der Waals surface area contributed by atoms with Crippen LogP contribution in [0.5, 0.6) is 0 Å². The Morgan fingerprint density at radius 3 is 1.27 bits per heavy atom. The summed E-state index contributed by atoms with van der Waals surface area (Å²) in [5.74, 6) is 0. The average molecular weight is 453 g/mol. The zero-order chi connectivity index (χ0) is 17.8. The van der Waals surface area contributed by atoms with Crippen molar-refractivity contribution in [1.29, 1.82) is 0 Å². The molecule has 8 nitrogen and oxygen atoms in total. The van der Waals surface area contributed by atoms with Gasteiger partial charge in [0.1, 0.15) is 7.59 Å². The van der Waals surface area contributed by atoms with Crippen LogP contribution in [0.1, 0.15) is 0 Å². The third-order valence-electron chi connectivity index (χ3n) is 2.33. The van der Waals surface area contributed by atoms with Crippen molar-refractivity contribution in [3.05, 3.63) is 12.3 Å². The van der Waals surface area contributed by atoms with Crippen molar-refractivity contribution in [1.82, 2.24) is 0 Å². The second-order valence-corrected chi connectivity index (χ2v) is 50.9. The minimum absolute atomic E-state index is 0.844. The lowest BCUT2D eigenvalue weighted by atomic mass is 11.3. The van der Waals surface area contributed by atoms with Crippen LogP contribution in [-0.4, -0.2) is 69.8 Å². The SMILES string of the molecule is C=C[Si](=O)[Si](=O)[Si](=O)[Si](=O)[Si](=O)[Si](=O)[Si](=O)[Si](=O)[Si](C)(C)C. The van der Waals surface area contributed by atoms with E-state index in [-0.39, 0.29) is 0 Å². The van der Waals surface area contributed by atoms with Crippen molar-refractivity contribution in [2.45, 2.75) is 19.6 Å². The largest absolute Gasteiger partial charge is 0.389 e. The number of hydrogen-bond acceptors (Lipinski definition) is 8. The van der Waals surface area contributed by atoms with Crippen molar-refractivity contribution in [2.24, 2.45) is 0 Å². The predicted molar refractivity (Wildman–Crippen MR) is 85.1 cm³/mol. The van der Waals surface area contributed by atoms with E-state index in [0.29, 0.717) is 0 Å². The summed E-state index contributed by atoms with van der Waals surface area (Å²) >= 11 is 0. The molecule has 0 N–H and O–H groups in total. The molecule has 0 radical (unpaired) electrons. The van der Waals surface area contributed by atoms with E-state index < -0.39 is 69.8 Å². The van der Waals surface area contributed by atoms with Crippen LogP contribution >= 0.6 is 0 Å². The van der Waals surface area contributed by atoms with Gasteiger partial charge in [0.15, 0.2) is 0 Å². The van der Waals surface area contributed by atoms with Crippen molar-refractivity contribution in [3.63, 3.8) is 0 Å². The van der Waals surface area contributed by atoms with Gasteiger partial charge >= 0.3 is 62.2 Å². The lowest BCUT2D eigenvalue weighted by Crippen LogP contribution is -2.54. The third-order valence-corrected chi connectivity index (χ3v) is 67.4. The van der Waals surface area contributed by atoms with Crippen LogP contribution in [0.25, 0.3) is 0 Å². The fraction of sp³-hybridized carbons (Fsp3) is 0.600. The molecule has 17 heteroatoms. The standard InChI is InChI=1S/C5H12O8Si9/c1-5-14(6)15(7)16(8)17(9)18(10)19(11)20(12)21(13)22(2,3)4/h5H,1H2,2-4H3. The van der Waals surface area contributed by atoms with Gasteiger partial charge in [-0.2, -0.15) is 0 Å². The Hall–Kier alpha value is 0.0919. The van der Waals surface area contributed by atoms with Crippen molar-refractivity contribution in [3.8, 4) is 0 Å². The highest BCUT2D eigenvalue weighted by Gasteiger charge is 2.50. The molecule has 0 saturated carbocycles. The quantitative estimate of drug-likeness (QED) is 0.368. The van der Waals surface area contributed by atoms with Crippen molar-refractivity contribution in [2.75, 3.05) is 0 Å². The van der Waals surface area contributed by atoms with E-state index in [0.717, 1.165) is 5.70 Å². The molecule has 0 heterocycles. The molecule has 116 valence electrons. The maximum Gasteiger partial charge on any atom is 0.382 e. The van der Waals surface area contributed by atoms with Gasteiger partial charge in [0, 0.05) is 0 Å². The van der Waals surface area contributed by atoms with Gasteiger partial charge in [-0.15, -0.1) is 6.58 Å². The van der Waals surface area contributed by atoms with E-state index in [1.807, 2.05) is 0 Å². The second kappa shape index (κ2) is 8.81. The average Bonchev–Trinajstić information content (AvgIpc) is 2.47. The molecule has 0 bridgehead atoms. The molecule has 0 aliphatic rings. The first-order valence-corrected chi connectivity index (χ1v) is 28.7. The predicted octanol–water partition coefficient (Wildman–Crippen LogP) is -1.95. The molecule has 0 spiro atoms. The molecule has 0 atom stereocenters. The van der Waals surface area contributed by atoms with Gasteiger partial charge in [-0.1, -0.05) is 19.6 Å². The van der Waals surface area contributed by atoms with E-state index in [2.05, 4.69) is 6.58 Å². The monoisotopic (exact) mass is 452 g/mol. The van der Waals surface area contributed by atoms with E-state index in [1.165, 1.54) is 0 Å². The van der Waals surface area contributed by atoms with Crippen LogP contribution in [0.4, 0.5) is 0 Å². The zero-order valence-corrected chi connectivity index (χ0v) is 21.1. The van der Waals surface area contributed by atoms with Crippen LogP contribution in [0.15, 0.2) is 12.3 Å². The Morgan fingerprint density at radius 1 is 0.636 bits per heavy atom. The normalized spacial score (nSPS) is 10.3. The zero-order valence-electron chi connectivity index (χ0n) is 12.1. The molecule has 22 heavy (non-hydrogen) atoms. The van der Waals surface area contributed by atoms with Crippen LogP contribution in [-0.2, 0) is 35.7 Å². The first-order valence-electron chi connectivity index (χ1n) is 5.83. The molecule has 0 saturated heterocycles. The fourth-order valence-corrected chi connectivity index (χ4v) is 88.9. The van der Waals surface area contributed by atoms with Gasteiger partial charge in [-0.25, -0.2) is 0 Å². The Labute approximate surface area is 137 Å². The molecular formula is C5H12O8Si9. The van der Waals surface area contributed by atoms with Crippen molar-refractivity contribution < 1.29 is 35.7 Å². The molecule has 0 fully saturated rings. The highest BCUT2D eigenvalue weighted by atomic mass is 30.0. The lowest BCUT2D eigenvalue weighted by molar-refractivity contribution is 0.535. The number of rotatable bonds is 9. The molecule has 0 unspecified atom stereocenters. The maximum atomic E-state index is 12.0. The molecule has 0 aliphatic heterocycles. The molecule has 0 amide bonds. The minimum Gasteiger partial charge on any atom is -0.389 e. The molecule has 0 aliphatic carbocycles. The summed E-state index contributed by atoms with van der Waals surface area (Å²) in [5.41, 5.74) is 0.844. The van der Waals surface area contributed by atoms with Gasteiger partial charge in [-0.05, 0) is 5.70 Å². The Bertz CT molecular complexity index is 655. The summed E-state index contributed by atoms with van der Waals surface area (Å²) < 4.78 is 94.3. The van der Waals surface area contributed by atoms with Crippen LogP contribution in [0, 0.1) is 0 Å². The highest BCUT2D eigenvalue weighted by Crippen LogP contribution is 2.00.